The van der Waals surface area contributed by atoms with E-state index in [1.54, 1.807) is 6.92 Å². The smallest absolute Gasteiger partial charge is 0.251 e. The lowest BCUT2D eigenvalue weighted by molar-refractivity contribution is -0.116. The van der Waals surface area contributed by atoms with E-state index in [9.17, 15) is 9.59 Å². The zero-order valence-corrected chi connectivity index (χ0v) is 19.4. The van der Waals surface area contributed by atoms with Crippen molar-refractivity contribution in [3.63, 3.8) is 0 Å². The molecule has 0 radical (unpaired) electrons. The number of rotatable bonds is 7. The highest BCUT2D eigenvalue weighted by Gasteiger charge is 2.22. The fourth-order valence-electron chi connectivity index (χ4n) is 5.06. The molecule has 0 spiro atoms. The van der Waals surface area contributed by atoms with Gasteiger partial charge in [-0.15, -0.1) is 0 Å². The zero-order valence-electron chi connectivity index (χ0n) is 19.4. The van der Waals surface area contributed by atoms with Gasteiger partial charge in [-0.05, 0) is 80.2 Å². The Morgan fingerprint density at radius 2 is 1.75 bits per heavy atom. The molecule has 2 aromatic carbocycles. The molecule has 170 valence electrons. The molecule has 0 unspecified atom stereocenters. The van der Waals surface area contributed by atoms with Gasteiger partial charge in [0.1, 0.15) is 0 Å². The van der Waals surface area contributed by atoms with E-state index in [-0.39, 0.29) is 11.8 Å². The summed E-state index contributed by atoms with van der Waals surface area (Å²) in [5.41, 5.74) is 5.12. The number of hydrogen-bond acceptors (Lipinski definition) is 3. The summed E-state index contributed by atoms with van der Waals surface area (Å²) in [4.78, 5) is 28.6. The fraction of sp³-hybridized carbons (Fsp3) is 0.481. The summed E-state index contributed by atoms with van der Waals surface area (Å²) in [6.07, 6.45) is 8.57. The summed E-state index contributed by atoms with van der Waals surface area (Å²) in [6, 6.07) is 14.8. The topological polar surface area (TPSA) is 52.7 Å². The zero-order chi connectivity index (χ0) is 22.5. The van der Waals surface area contributed by atoms with Crippen LogP contribution in [0.5, 0.6) is 0 Å². The first kappa shape index (κ1) is 22.5. The van der Waals surface area contributed by atoms with Crippen molar-refractivity contribution >= 4 is 17.5 Å². The SMILES string of the molecule is CC(=O)N1CCc2cc(-c3ccc(C(=O)NCCCN(C)C4CCCCC4)cc3)ccc21. The van der Waals surface area contributed by atoms with E-state index >= 15 is 0 Å². The molecule has 0 aromatic heterocycles. The molecule has 2 aromatic rings. The molecule has 32 heavy (non-hydrogen) atoms. The maximum absolute atomic E-state index is 12.5. The van der Waals surface area contributed by atoms with Crippen molar-refractivity contribution < 1.29 is 9.59 Å². The Kier molecular flexibility index (Phi) is 7.26. The predicted molar refractivity (Wildman–Crippen MR) is 130 cm³/mol. The number of carbonyl (C=O) groups excluding carboxylic acids is 2. The van der Waals surface area contributed by atoms with E-state index in [1.165, 1.54) is 37.7 Å². The second-order valence-electron chi connectivity index (χ2n) is 9.22. The summed E-state index contributed by atoms with van der Waals surface area (Å²) in [5.74, 6) is 0.0791. The van der Waals surface area contributed by atoms with E-state index in [2.05, 4.69) is 29.4 Å². The van der Waals surface area contributed by atoms with Crippen LogP contribution in [0.4, 0.5) is 5.69 Å². The van der Waals surface area contributed by atoms with Crippen LogP contribution in [0.15, 0.2) is 42.5 Å². The molecule has 1 N–H and O–H groups in total. The van der Waals surface area contributed by atoms with Crippen LogP contribution in [-0.4, -0.2) is 49.4 Å². The van der Waals surface area contributed by atoms with Crippen molar-refractivity contribution in [3.8, 4) is 11.1 Å². The van der Waals surface area contributed by atoms with E-state index in [0.29, 0.717) is 12.1 Å². The summed E-state index contributed by atoms with van der Waals surface area (Å²) in [5, 5.41) is 3.06. The number of fused-ring (bicyclic) bond motifs is 1. The molecule has 2 aliphatic rings. The lowest BCUT2D eigenvalue weighted by Crippen LogP contribution is -2.35. The van der Waals surface area contributed by atoms with Gasteiger partial charge < -0.3 is 15.1 Å². The van der Waals surface area contributed by atoms with E-state index in [1.807, 2.05) is 35.2 Å². The molecule has 1 aliphatic carbocycles. The first-order valence-corrected chi connectivity index (χ1v) is 12.0. The predicted octanol–water partition coefficient (Wildman–Crippen LogP) is 4.65. The molecule has 0 saturated heterocycles. The van der Waals surface area contributed by atoms with Crippen molar-refractivity contribution in [3.05, 3.63) is 53.6 Å². The maximum Gasteiger partial charge on any atom is 0.251 e. The average molecular weight is 434 g/mol. The largest absolute Gasteiger partial charge is 0.352 e. The Bertz CT molecular complexity index is 948. The van der Waals surface area contributed by atoms with Gasteiger partial charge in [-0.3, -0.25) is 9.59 Å². The Morgan fingerprint density at radius 3 is 2.47 bits per heavy atom. The van der Waals surface area contributed by atoms with Crippen LogP contribution in [0.25, 0.3) is 11.1 Å². The highest BCUT2D eigenvalue weighted by molar-refractivity contribution is 5.95. The third-order valence-corrected chi connectivity index (χ3v) is 7.01. The molecular formula is C27H35N3O2. The van der Waals surface area contributed by atoms with Crippen molar-refractivity contribution in [2.75, 3.05) is 31.6 Å². The van der Waals surface area contributed by atoms with E-state index in [0.717, 1.165) is 48.8 Å². The Balaban J connectivity index is 1.28. The molecule has 1 heterocycles. The number of anilines is 1. The first-order valence-electron chi connectivity index (χ1n) is 12.0. The normalized spacial score (nSPS) is 16.3. The van der Waals surface area contributed by atoms with Gasteiger partial charge in [0.2, 0.25) is 5.91 Å². The summed E-state index contributed by atoms with van der Waals surface area (Å²) in [7, 11) is 2.22. The van der Waals surface area contributed by atoms with Gasteiger partial charge in [-0.1, -0.05) is 37.5 Å². The quantitative estimate of drug-likeness (QED) is 0.647. The number of benzene rings is 2. The number of nitrogens with zero attached hydrogens (tertiary/aromatic N) is 2. The minimum absolute atomic E-state index is 0.0112. The Hall–Kier alpha value is -2.66. The molecule has 1 fully saturated rings. The first-order chi connectivity index (χ1) is 15.5. The van der Waals surface area contributed by atoms with Gasteiger partial charge in [-0.2, -0.15) is 0 Å². The lowest BCUT2D eigenvalue weighted by atomic mass is 9.94. The Morgan fingerprint density at radius 1 is 1.03 bits per heavy atom. The summed E-state index contributed by atoms with van der Waals surface area (Å²) in [6.45, 7) is 4.10. The summed E-state index contributed by atoms with van der Waals surface area (Å²) < 4.78 is 0. The van der Waals surface area contributed by atoms with Crippen LogP contribution in [0.2, 0.25) is 0 Å². The average Bonchev–Trinajstić information content (AvgIpc) is 3.26. The van der Waals surface area contributed by atoms with E-state index in [4.69, 9.17) is 0 Å². The molecule has 5 heteroatoms. The van der Waals surface area contributed by atoms with Gasteiger partial charge in [-0.25, -0.2) is 0 Å². The van der Waals surface area contributed by atoms with Gasteiger partial charge in [0.15, 0.2) is 0 Å². The fourth-order valence-corrected chi connectivity index (χ4v) is 5.06. The monoisotopic (exact) mass is 433 g/mol. The van der Waals surface area contributed by atoms with Gasteiger partial charge in [0, 0.05) is 37.3 Å². The third-order valence-electron chi connectivity index (χ3n) is 7.01. The van der Waals surface area contributed by atoms with Gasteiger partial charge in [0.25, 0.3) is 5.91 Å². The molecule has 5 nitrogen and oxygen atoms in total. The van der Waals surface area contributed by atoms with Crippen LogP contribution < -0.4 is 10.2 Å². The minimum atomic E-state index is -0.0112. The second-order valence-corrected chi connectivity index (χ2v) is 9.22. The molecule has 1 aliphatic heterocycles. The van der Waals surface area contributed by atoms with Crippen LogP contribution >= 0.6 is 0 Å². The maximum atomic E-state index is 12.5. The van der Waals surface area contributed by atoms with Gasteiger partial charge in [0.05, 0.1) is 0 Å². The Labute approximate surface area is 191 Å². The van der Waals surface area contributed by atoms with Crippen LogP contribution in [0, 0.1) is 0 Å². The number of amides is 2. The molecule has 0 bridgehead atoms. The standard InChI is InChI=1S/C27H35N3O2/c1-20(31)30-18-15-24-19-23(13-14-26(24)30)21-9-11-22(12-10-21)27(32)28-16-6-17-29(2)25-7-4-3-5-8-25/h9-14,19,25H,3-8,15-18H2,1-2H3,(H,28,32). The second kappa shape index (κ2) is 10.3. The van der Waals surface area contributed by atoms with Gasteiger partial charge >= 0.3 is 0 Å². The highest BCUT2D eigenvalue weighted by Crippen LogP contribution is 2.32. The molecule has 2 amide bonds. The molecule has 4 rings (SSSR count). The van der Waals surface area contributed by atoms with Crippen molar-refractivity contribution in [1.29, 1.82) is 0 Å². The van der Waals surface area contributed by atoms with Crippen molar-refractivity contribution in [1.82, 2.24) is 10.2 Å². The van der Waals surface area contributed by atoms with Crippen molar-refractivity contribution in [2.24, 2.45) is 0 Å². The molecular weight excluding hydrogens is 398 g/mol. The van der Waals surface area contributed by atoms with Crippen LogP contribution in [-0.2, 0) is 11.2 Å². The van der Waals surface area contributed by atoms with Crippen LogP contribution in [0.1, 0.15) is 61.4 Å². The van der Waals surface area contributed by atoms with Crippen LogP contribution in [0.3, 0.4) is 0 Å². The highest BCUT2D eigenvalue weighted by atomic mass is 16.2. The minimum Gasteiger partial charge on any atom is -0.352 e. The van der Waals surface area contributed by atoms with E-state index < -0.39 is 0 Å². The molecule has 1 saturated carbocycles. The number of nitrogens with one attached hydrogen (secondary N) is 1. The third kappa shape index (κ3) is 5.21. The lowest BCUT2D eigenvalue weighted by Gasteiger charge is -2.31. The number of carbonyl (C=O) groups is 2. The number of hydrogen-bond donors (Lipinski definition) is 1. The van der Waals surface area contributed by atoms with Crippen molar-refractivity contribution in [2.45, 2.75) is 57.9 Å². The summed E-state index contributed by atoms with van der Waals surface area (Å²) >= 11 is 0. The molecule has 0 atom stereocenters.